The van der Waals surface area contributed by atoms with Crippen LogP contribution in [-0.4, -0.2) is 36.8 Å². The summed E-state index contributed by atoms with van der Waals surface area (Å²) in [7, 11) is 1.56. The van der Waals surface area contributed by atoms with Crippen LogP contribution >= 0.6 is 0 Å². The van der Waals surface area contributed by atoms with Crippen LogP contribution in [0.5, 0.6) is 5.75 Å². The van der Waals surface area contributed by atoms with Gasteiger partial charge in [0.25, 0.3) is 5.91 Å². The molecule has 4 nitrogen and oxygen atoms in total. The van der Waals surface area contributed by atoms with Crippen LogP contribution in [0.25, 0.3) is 0 Å². The second-order valence-electron chi connectivity index (χ2n) is 6.19. The van der Waals surface area contributed by atoms with Crippen molar-refractivity contribution in [3.63, 3.8) is 0 Å². The van der Waals surface area contributed by atoms with Gasteiger partial charge >= 0.3 is 0 Å². The molecular formula is C20H20FNO3. The van der Waals surface area contributed by atoms with Gasteiger partial charge in [-0.05, 0) is 55.3 Å². The Morgan fingerprint density at radius 3 is 2.60 bits per heavy atom. The summed E-state index contributed by atoms with van der Waals surface area (Å²) in [6.07, 6.45) is 1.51. The number of likely N-dealkylation sites (tertiary alicyclic amines) is 1. The molecule has 2 aromatic carbocycles. The predicted octanol–water partition coefficient (Wildman–Crippen LogP) is 3.57. The summed E-state index contributed by atoms with van der Waals surface area (Å²) in [4.78, 5) is 27.1. The van der Waals surface area contributed by atoms with Crippen LogP contribution in [0.3, 0.4) is 0 Å². The lowest BCUT2D eigenvalue weighted by molar-refractivity contribution is 0.0636. The molecule has 1 aliphatic heterocycles. The number of hydrogen-bond acceptors (Lipinski definition) is 3. The summed E-state index contributed by atoms with van der Waals surface area (Å²) in [5, 5.41) is 0. The van der Waals surface area contributed by atoms with Gasteiger partial charge in [0, 0.05) is 30.1 Å². The van der Waals surface area contributed by atoms with E-state index in [9.17, 15) is 14.0 Å². The molecule has 0 aliphatic carbocycles. The number of methoxy groups -OCH3 is 1. The first kappa shape index (κ1) is 17.1. The van der Waals surface area contributed by atoms with Gasteiger partial charge in [-0.25, -0.2) is 4.39 Å². The van der Waals surface area contributed by atoms with Crippen molar-refractivity contribution in [2.45, 2.75) is 12.8 Å². The second kappa shape index (κ2) is 7.47. The fourth-order valence-electron chi connectivity index (χ4n) is 3.16. The summed E-state index contributed by atoms with van der Waals surface area (Å²) in [6, 6.07) is 12.6. The number of piperidine rings is 1. The third-order valence-corrected chi connectivity index (χ3v) is 4.52. The first-order chi connectivity index (χ1) is 12.1. The summed E-state index contributed by atoms with van der Waals surface area (Å²) < 4.78 is 18.2. The van der Waals surface area contributed by atoms with Crippen LogP contribution in [0, 0.1) is 11.7 Å². The molecule has 1 heterocycles. The number of nitrogens with zero attached hydrogens (tertiary/aromatic N) is 1. The van der Waals surface area contributed by atoms with E-state index in [0.29, 0.717) is 30.0 Å². The van der Waals surface area contributed by atoms with E-state index in [4.69, 9.17) is 4.74 Å². The van der Waals surface area contributed by atoms with E-state index in [1.54, 1.807) is 36.3 Å². The maximum Gasteiger partial charge on any atom is 0.254 e. The molecule has 25 heavy (non-hydrogen) atoms. The molecule has 0 aromatic heterocycles. The summed E-state index contributed by atoms with van der Waals surface area (Å²) in [5.41, 5.74) is 1.04. The quantitative estimate of drug-likeness (QED) is 0.799. The highest BCUT2D eigenvalue weighted by molar-refractivity contribution is 5.99. The molecule has 0 spiro atoms. The maximum atomic E-state index is 13.0. The molecule has 1 amide bonds. The number of Topliss-reactive ketones (excluding diaryl/α,β-unsaturated/α-hetero) is 1. The zero-order valence-electron chi connectivity index (χ0n) is 14.1. The summed E-state index contributed by atoms with van der Waals surface area (Å²) in [6.45, 7) is 1.01. The highest BCUT2D eigenvalue weighted by Gasteiger charge is 2.29. The molecule has 130 valence electrons. The van der Waals surface area contributed by atoms with Gasteiger partial charge in [-0.2, -0.15) is 0 Å². The third-order valence-electron chi connectivity index (χ3n) is 4.52. The number of carbonyl (C=O) groups excluding carboxylic acids is 2. The van der Waals surface area contributed by atoms with E-state index in [1.165, 1.54) is 24.3 Å². The number of benzene rings is 2. The van der Waals surface area contributed by atoms with Crippen molar-refractivity contribution < 1.29 is 18.7 Å². The fourth-order valence-corrected chi connectivity index (χ4v) is 3.16. The molecule has 5 heteroatoms. The number of halogens is 1. The Labute approximate surface area is 146 Å². The lowest BCUT2D eigenvalue weighted by Crippen LogP contribution is -2.42. The Balaban J connectivity index is 1.73. The summed E-state index contributed by atoms with van der Waals surface area (Å²) in [5.74, 6) is -0.135. The smallest absolute Gasteiger partial charge is 0.254 e. The Morgan fingerprint density at radius 1 is 1.12 bits per heavy atom. The van der Waals surface area contributed by atoms with Crippen LogP contribution < -0.4 is 4.74 Å². The zero-order valence-corrected chi connectivity index (χ0v) is 14.1. The van der Waals surface area contributed by atoms with Crippen LogP contribution in [0.4, 0.5) is 4.39 Å². The minimum Gasteiger partial charge on any atom is -0.497 e. The van der Waals surface area contributed by atoms with Gasteiger partial charge in [-0.15, -0.1) is 0 Å². The average molecular weight is 341 g/mol. The van der Waals surface area contributed by atoms with Gasteiger partial charge in [0.05, 0.1) is 7.11 Å². The number of carbonyl (C=O) groups is 2. The monoisotopic (exact) mass is 341 g/mol. The largest absolute Gasteiger partial charge is 0.497 e. The van der Waals surface area contributed by atoms with Crippen LogP contribution in [0.15, 0.2) is 48.5 Å². The minimum absolute atomic E-state index is 0.0388. The lowest BCUT2D eigenvalue weighted by Gasteiger charge is -2.32. The number of hydrogen-bond donors (Lipinski definition) is 0. The lowest BCUT2D eigenvalue weighted by atomic mass is 9.89. The molecule has 0 saturated carbocycles. The van der Waals surface area contributed by atoms with Gasteiger partial charge in [-0.1, -0.05) is 6.07 Å². The van der Waals surface area contributed by atoms with Gasteiger partial charge in [0.2, 0.25) is 0 Å². The highest BCUT2D eigenvalue weighted by Crippen LogP contribution is 2.23. The first-order valence-electron chi connectivity index (χ1n) is 8.31. The van der Waals surface area contributed by atoms with Crippen LogP contribution in [0.2, 0.25) is 0 Å². The second-order valence-corrected chi connectivity index (χ2v) is 6.19. The Morgan fingerprint density at radius 2 is 1.88 bits per heavy atom. The van der Waals surface area contributed by atoms with Gasteiger partial charge in [0.1, 0.15) is 11.6 Å². The van der Waals surface area contributed by atoms with Crippen molar-refractivity contribution in [1.29, 1.82) is 0 Å². The summed E-state index contributed by atoms with van der Waals surface area (Å²) >= 11 is 0. The normalized spacial score (nSPS) is 17.2. The molecule has 1 unspecified atom stereocenters. The molecular weight excluding hydrogens is 321 g/mol. The van der Waals surface area contributed by atoms with E-state index >= 15 is 0 Å². The Kier molecular flexibility index (Phi) is 5.12. The molecule has 0 radical (unpaired) electrons. The van der Waals surface area contributed by atoms with Crippen molar-refractivity contribution in [2.24, 2.45) is 5.92 Å². The van der Waals surface area contributed by atoms with E-state index in [-0.39, 0.29) is 23.4 Å². The third kappa shape index (κ3) is 3.87. The number of ether oxygens (including phenoxy) is 1. The first-order valence-corrected chi connectivity index (χ1v) is 8.31. The van der Waals surface area contributed by atoms with Crippen molar-refractivity contribution in [1.82, 2.24) is 4.90 Å². The topological polar surface area (TPSA) is 46.6 Å². The van der Waals surface area contributed by atoms with Crippen molar-refractivity contribution in [3.8, 4) is 5.75 Å². The van der Waals surface area contributed by atoms with Crippen molar-refractivity contribution in [3.05, 3.63) is 65.5 Å². The van der Waals surface area contributed by atoms with Crippen LogP contribution in [-0.2, 0) is 0 Å². The Bertz CT molecular complexity index is 773. The SMILES string of the molecule is COc1cccc(C(=O)N2CCCC(C(=O)c3ccc(F)cc3)C2)c1. The van der Waals surface area contributed by atoms with E-state index < -0.39 is 0 Å². The molecule has 1 atom stereocenters. The predicted molar refractivity (Wildman–Crippen MR) is 92.4 cm³/mol. The molecule has 3 rings (SSSR count). The van der Waals surface area contributed by atoms with Crippen molar-refractivity contribution in [2.75, 3.05) is 20.2 Å². The van der Waals surface area contributed by atoms with Crippen molar-refractivity contribution >= 4 is 11.7 Å². The molecule has 1 saturated heterocycles. The Hall–Kier alpha value is -2.69. The van der Waals surface area contributed by atoms with Gasteiger partial charge in [-0.3, -0.25) is 9.59 Å². The maximum absolute atomic E-state index is 13.0. The van der Waals surface area contributed by atoms with E-state index in [1.807, 2.05) is 0 Å². The highest BCUT2D eigenvalue weighted by atomic mass is 19.1. The molecule has 2 aromatic rings. The molecule has 1 aliphatic rings. The molecule has 1 fully saturated rings. The fraction of sp³-hybridized carbons (Fsp3) is 0.300. The number of amides is 1. The molecule has 0 N–H and O–H groups in total. The van der Waals surface area contributed by atoms with E-state index in [2.05, 4.69) is 0 Å². The standard InChI is InChI=1S/C20H20FNO3/c1-25-18-6-2-4-15(12-18)20(24)22-11-3-5-16(13-22)19(23)14-7-9-17(21)10-8-14/h2,4,6-10,12,16H,3,5,11,13H2,1H3. The zero-order chi connectivity index (χ0) is 17.8. The van der Waals surface area contributed by atoms with E-state index in [0.717, 1.165) is 12.8 Å². The van der Waals surface area contributed by atoms with Gasteiger partial charge in [0.15, 0.2) is 5.78 Å². The average Bonchev–Trinajstić information content (AvgIpc) is 2.67. The van der Waals surface area contributed by atoms with Gasteiger partial charge < -0.3 is 9.64 Å². The number of ketones is 1. The molecule has 0 bridgehead atoms. The minimum atomic E-state index is -0.366. The number of rotatable bonds is 4. The van der Waals surface area contributed by atoms with Crippen LogP contribution in [0.1, 0.15) is 33.6 Å².